The molecule has 0 aliphatic carbocycles. The molecule has 0 aliphatic rings. The predicted molar refractivity (Wildman–Crippen MR) is 89.2 cm³/mol. The van der Waals surface area contributed by atoms with Crippen molar-refractivity contribution in [3.05, 3.63) is 40.3 Å². The Hall–Kier alpha value is -2.55. The van der Waals surface area contributed by atoms with Gasteiger partial charge in [-0.25, -0.2) is 9.97 Å². The number of nitrogens with zero attached hydrogens (tertiary/aromatic N) is 2. The summed E-state index contributed by atoms with van der Waals surface area (Å²) in [5.74, 6) is -0.982. The first-order chi connectivity index (χ1) is 11.7. The maximum absolute atomic E-state index is 13.1. The number of carbonyl (C=O) groups is 1. The molecule has 1 aromatic heterocycles. The second-order valence-electron chi connectivity index (χ2n) is 5.01. The van der Waals surface area contributed by atoms with Gasteiger partial charge in [0.15, 0.2) is 16.7 Å². The number of anilines is 3. The second kappa shape index (κ2) is 7.14. The lowest BCUT2D eigenvalue weighted by Gasteiger charge is -2.16. The number of primary amides is 1. The van der Waals surface area contributed by atoms with Gasteiger partial charge in [0.05, 0.1) is 11.3 Å². The lowest BCUT2D eigenvalue weighted by Crippen LogP contribution is -2.18. The normalized spacial score (nSPS) is 11.3. The average Bonchev–Trinajstić information content (AvgIpc) is 2.54. The fourth-order valence-electron chi connectivity index (χ4n) is 2.14. The maximum atomic E-state index is 13.1. The molecule has 10 heteroatoms. The molecular weight excluding hydrogens is 359 g/mol. The highest BCUT2D eigenvalue weighted by Crippen LogP contribution is 2.37. The summed E-state index contributed by atoms with van der Waals surface area (Å²) >= 11 is 5.97. The van der Waals surface area contributed by atoms with Crippen molar-refractivity contribution in [3.63, 3.8) is 0 Å². The lowest BCUT2D eigenvalue weighted by atomic mass is 10.1. The van der Waals surface area contributed by atoms with E-state index in [1.165, 1.54) is 19.2 Å². The van der Waals surface area contributed by atoms with Crippen LogP contribution in [0, 0.1) is 0 Å². The molecule has 0 saturated carbocycles. The van der Waals surface area contributed by atoms with Crippen LogP contribution >= 0.6 is 11.6 Å². The van der Waals surface area contributed by atoms with E-state index in [4.69, 9.17) is 17.3 Å². The van der Waals surface area contributed by atoms with E-state index < -0.39 is 17.6 Å². The SMILES string of the molecule is CCc1nc(C(N)=O)c(Nc2ccc(NC)c(C(F)(F)F)c2)nc1Cl. The van der Waals surface area contributed by atoms with Gasteiger partial charge < -0.3 is 16.4 Å². The van der Waals surface area contributed by atoms with Crippen molar-refractivity contribution in [2.24, 2.45) is 5.73 Å². The number of nitrogens with two attached hydrogens (primary N) is 1. The van der Waals surface area contributed by atoms with Crippen molar-refractivity contribution in [2.45, 2.75) is 19.5 Å². The van der Waals surface area contributed by atoms with Gasteiger partial charge in [-0.15, -0.1) is 0 Å². The van der Waals surface area contributed by atoms with Crippen LogP contribution in [-0.4, -0.2) is 22.9 Å². The molecule has 0 bridgehead atoms. The Morgan fingerprint density at radius 2 is 2.00 bits per heavy atom. The summed E-state index contributed by atoms with van der Waals surface area (Å²) in [5.41, 5.74) is 4.54. The molecule has 0 aliphatic heterocycles. The monoisotopic (exact) mass is 373 g/mol. The average molecular weight is 374 g/mol. The van der Waals surface area contributed by atoms with Crippen LogP contribution < -0.4 is 16.4 Å². The van der Waals surface area contributed by atoms with E-state index in [1.807, 2.05) is 0 Å². The summed E-state index contributed by atoms with van der Waals surface area (Å²) < 4.78 is 39.4. The van der Waals surface area contributed by atoms with Crippen molar-refractivity contribution in [2.75, 3.05) is 17.7 Å². The number of carbonyl (C=O) groups excluding carboxylic acids is 1. The van der Waals surface area contributed by atoms with Crippen molar-refractivity contribution in [1.29, 1.82) is 0 Å². The summed E-state index contributed by atoms with van der Waals surface area (Å²) in [6, 6.07) is 3.54. The highest BCUT2D eigenvalue weighted by atomic mass is 35.5. The van der Waals surface area contributed by atoms with Gasteiger partial charge in [-0.05, 0) is 24.6 Å². The van der Waals surface area contributed by atoms with E-state index in [0.717, 1.165) is 6.07 Å². The first kappa shape index (κ1) is 18.8. The first-order valence-corrected chi connectivity index (χ1v) is 7.57. The zero-order chi connectivity index (χ0) is 18.8. The molecule has 0 unspecified atom stereocenters. The molecule has 1 amide bonds. The van der Waals surface area contributed by atoms with Crippen LogP contribution in [0.3, 0.4) is 0 Å². The highest BCUT2D eigenvalue weighted by molar-refractivity contribution is 6.30. The van der Waals surface area contributed by atoms with Crippen LogP contribution in [0.4, 0.5) is 30.4 Å². The van der Waals surface area contributed by atoms with E-state index in [-0.39, 0.29) is 28.0 Å². The Morgan fingerprint density at radius 1 is 1.32 bits per heavy atom. The molecule has 4 N–H and O–H groups in total. The molecule has 25 heavy (non-hydrogen) atoms. The molecular formula is C15H15ClF3N5O. The summed E-state index contributed by atoms with van der Waals surface area (Å²) in [7, 11) is 1.39. The number of hydrogen-bond donors (Lipinski definition) is 3. The number of benzene rings is 1. The van der Waals surface area contributed by atoms with Gasteiger partial charge in [0.1, 0.15) is 0 Å². The minimum absolute atomic E-state index is 0.0397. The zero-order valence-electron chi connectivity index (χ0n) is 13.3. The number of aryl methyl sites for hydroxylation is 1. The predicted octanol–water partition coefficient (Wildman–Crippen LogP) is 3.60. The van der Waals surface area contributed by atoms with Crippen molar-refractivity contribution in [1.82, 2.24) is 9.97 Å². The van der Waals surface area contributed by atoms with E-state index in [1.54, 1.807) is 6.92 Å². The Labute approximate surface area is 146 Å². The summed E-state index contributed by atoms with van der Waals surface area (Å²) in [6.45, 7) is 1.76. The summed E-state index contributed by atoms with van der Waals surface area (Å²) in [6.07, 6.45) is -4.14. The second-order valence-corrected chi connectivity index (χ2v) is 5.37. The topological polar surface area (TPSA) is 92.9 Å². The fraction of sp³-hybridized carbons (Fsp3) is 0.267. The van der Waals surface area contributed by atoms with Crippen LogP contribution in [-0.2, 0) is 12.6 Å². The van der Waals surface area contributed by atoms with Gasteiger partial charge in [-0.1, -0.05) is 18.5 Å². The molecule has 1 aromatic carbocycles. The Bertz CT molecular complexity index is 810. The molecule has 0 radical (unpaired) electrons. The molecule has 1 heterocycles. The van der Waals surface area contributed by atoms with Gasteiger partial charge in [0.25, 0.3) is 5.91 Å². The Morgan fingerprint density at radius 3 is 2.52 bits per heavy atom. The first-order valence-electron chi connectivity index (χ1n) is 7.19. The lowest BCUT2D eigenvalue weighted by molar-refractivity contribution is -0.136. The number of aromatic nitrogens is 2. The largest absolute Gasteiger partial charge is 0.418 e. The van der Waals surface area contributed by atoms with Gasteiger partial charge in [-0.2, -0.15) is 13.2 Å². The van der Waals surface area contributed by atoms with Gasteiger partial charge >= 0.3 is 6.18 Å². The highest BCUT2D eigenvalue weighted by Gasteiger charge is 2.33. The van der Waals surface area contributed by atoms with Crippen LogP contribution in [0.25, 0.3) is 0 Å². The molecule has 6 nitrogen and oxygen atoms in total. The molecule has 0 fully saturated rings. The molecule has 2 rings (SSSR count). The van der Waals surface area contributed by atoms with Gasteiger partial charge in [-0.3, -0.25) is 4.79 Å². The van der Waals surface area contributed by atoms with Crippen LogP contribution in [0.5, 0.6) is 0 Å². The minimum atomic E-state index is -4.56. The standard InChI is InChI=1S/C15H15ClF3N5O/c1-3-9-12(16)24-14(11(23-9)13(20)25)22-7-4-5-10(21-2)8(6-7)15(17,18)19/h4-6,21H,3H2,1-2H3,(H2,20,25)(H,22,24). The fourth-order valence-corrected chi connectivity index (χ4v) is 2.41. The number of amides is 1. The third-order valence-corrected chi connectivity index (χ3v) is 3.65. The maximum Gasteiger partial charge on any atom is 0.418 e. The van der Waals surface area contributed by atoms with Crippen molar-refractivity contribution >= 4 is 34.7 Å². The van der Waals surface area contributed by atoms with Gasteiger partial charge in [0, 0.05) is 18.4 Å². The van der Waals surface area contributed by atoms with E-state index >= 15 is 0 Å². The number of rotatable bonds is 5. The number of hydrogen-bond acceptors (Lipinski definition) is 5. The summed E-state index contributed by atoms with van der Waals surface area (Å²) in [4.78, 5) is 19.6. The van der Waals surface area contributed by atoms with E-state index in [9.17, 15) is 18.0 Å². The van der Waals surface area contributed by atoms with E-state index in [0.29, 0.717) is 12.1 Å². The Kier molecular flexibility index (Phi) is 5.36. The smallest absolute Gasteiger partial charge is 0.388 e. The molecule has 2 aromatic rings. The minimum Gasteiger partial charge on any atom is -0.388 e. The van der Waals surface area contributed by atoms with Crippen molar-refractivity contribution < 1.29 is 18.0 Å². The molecule has 0 atom stereocenters. The Balaban J connectivity index is 2.50. The zero-order valence-corrected chi connectivity index (χ0v) is 14.1. The molecule has 134 valence electrons. The molecule has 0 saturated heterocycles. The third kappa shape index (κ3) is 4.11. The molecule has 0 spiro atoms. The van der Waals surface area contributed by atoms with E-state index in [2.05, 4.69) is 20.6 Å². The number of nitrogens with one attached hydrogen (secondary N) is 2. The third-order valence-electron chi connectivity index (χ3n) is 3.34. The van der Waals surface area contributed by atoms with Crippen LogP contribution in [0.2, 0.25) is 5.15 Å². The van der Waals surface area contributed by atoms with Crippen molar-refractivity contribution in [3.8, 4) is 0 Å². The summed E-state index contributed by atoms with van der Waals surface area (Å²) in [5, 5.41) is 5.14. The number of halogens is 4. The quantitative estimate of drug-likeness (QED) is 0.744. The van der Waals surface area contributed by atoms with Crippen LogP contribution in [0.15, 0.2) is 18.2 Å². The van der Waals surface area contributed by atoms with Gasteiger partial charge in [0.2, 0.25) is 0 Å². The number of alkyl halides is 3. The van der Waals surface area contributed by atoms with Crippen LogP contribution in [0.1, 0.15) is 28.7 Å².